The summed E-state index contributed by atoms with van der Waals surface area (Å²) in [5.41, 5.74) is 0.433. The Labute approximate surface area is 88.9 Å². The molecule has 15 heavy (non-hydrogen) atoms. The molecule has 0 unspecified atom stereocenters. The van der Waals surface area contributed by atoms with E-state index in [9.17, 15) is 5.11 Å². The van der Waals surface area contributed by atoms with Crippen LogP contribution in [0.4, 0.5) is 0 Å². The average Bonchev–Trinajstić information content (AvgIpc) is 2.69. The first kappa shape index (κ1) is 9.85. The molecule has 0 amide bonds. The Morgan fingerprint density at radius 3 is 2.67 bits per heavy atom. The highest BCUT2D eigenvalue weighted by Gasteiger charge is 2.16. The molecule has 1 aromatic carbocycles. The van der Waals surface area contributed by atoms with Crippen LogP contribution in [-0.2, 0) is 0 Å². The zero-order valence-corrected chi connectivity index (χ0v) is 8.44. The van der Waals surface area contributed by atoms with Gasteiger partial charge in [-0.15, -0.1) is 0 Å². The van der Waals surface area contributed by atoms with E-state index in [4.69, 9.17) is 10.00 Å². The first-order valence-electron chi connectivity index (χ1n) is 5.19. The third-order valence-corrected chi connectivity index (χ3v) is 2.63. The number of nitriles is 1. The van der Waals surface area contributed by atoms with Gasteiger partial charge in [0.25, 0.3) is 0 Å². The van der Waals surface area contributed by atoms with Crippen LogP contribution in [0.5, 0.6) is 11.5 Å². The van der Waals surface area contributed by atoms with Crippen molar-refractivity contribution in [3.8, 4) is 17.6 Å². The lowest BCUT2D eigenvalue weighted by molar-refractivity contribution is 0.209. The number of hydrogen-bond donors (Lipinski definition) is 1. The zero-order valence-electron chi connectivity index (χ0n) is 8.44. The van der Waals surface area contributed by atoms with Gasteiger partial charge in [-0.3, -0.25) is 0 Å². The lowest BCUT2D eigenvalue weighted by Crippen LogP contribution is -2.10. The zero-order chi connectivity index (χ0) is 10.7. The minimum absolute atomic E-state index is 0.0852. The third-order valence-electron chi connectivity index (χ3n) is 2.63. The quantitative estimate of drug-likeness (QED) is 0.803. The summed E-state index contributed by atoms with van der Waals surface area (Å²) >= 11 is 0. The molecule has 1 fully saturated rings. The number of ether oxygens (including phenoxy) is 1. The molecule has 0 aromatic heterocycles. The van der Waals surface area contributed by atoms with Crippen LogP contribution in [0.15, 0.2) is 18.2 Å². The normalized spacial score (nSPS) is 16.2. The SMILES string of the molecule is N#Cc1cc(O)cc(OC2CCCC2)c1. The highest BCUT2D eigenvalue weighted by atomic mass is 16.5. The molecule has 0 saturated heterocycles. The predicted octanol–water partition coefficient (Wildman–Crippen LogP) is 2.59. The molecule has 3 nitrogen and oxygen atoms in total. The summed E-state index contributed by atoms with van der Waals surface area (Å²) in [6.45, 7) is 0. The van der Waals surface area contributed by atoms with E-state index >= 15 is 0 Å². The number of phenols is 1. The van der Waals surface area contributed by atoms with Crippen LogP contribution in [0.25, 0.3) is 0 Å². The first-order chi connectivity index (χ1) is 7.28. The molecule has 0 aliphatic heterocycles. The highest BCUT2D eigenvalue weighted by Crippen LogP contribution is 2.27. The van der Waals surface area contributed by atoms with Gasteiger partial charge >= 0.3 is 0 Å². The summed E-state index contributed by atoms with van der Waals surface area (Å²) < 4.78 is 5.69. The number of hydrogen-bond acceptors (Lipinski definition) is 3. The number of benzene rings is 1. The van der Waals surface area contributed by atoms with E-state index in [0.29, 0.717) is 11.3 Å². The van der Waals surface area contributed by atoms with Crippen molar-refractivity contribution in [2.24, 2.45) is 0 Å². The molecular formula is C12H13NO2. The molecule has 1 saturated carbocycles. The van der Waals surface area contributed by atoms with Crippen LogP contribution in [-0.4, -0.2) is 11.2 Å². The van der Waals surface area contributed by atoms with E-state index in [1.165, 1.54) is 18.9 Å². The fourth-order valence-electron chi connectivity index (χ4n) is 1.91. The van der Waals surface area contributed by atoms with Gasteiger partial charge in [-0.2, -0.15) is 5.26 Å². The lowest BCUT2D eigenvalue weighted by atomic mass is 10.2. The number of aromatic hydroxyl groups is 1. The Kier molecular flexibility index (Phi) is 2.77. The summed E-state index contributed by atoms with van der Waals surface area (Å²) in [7, 11) is 0. The molecule has 3 heteroatoms. The van der Waals surface area contributed by atoms with Gasteiger partial charge in [0.15, 0.2) is 0 Å². The van der Waals surface area contributed by atoms with Crippen molar-refractivity contribution < 1.29 is 9.84 Å². The van der Waals surface area contributed by atoms with Gasteiger partial charge in [0.05, 0.1) is 17.7 Å². The van der Waals surface area contributed by atoms with Crippen molar-refractivity contribution in [2.75, 3.05) is 0 Å². The van der Waals surface area contributed by atoms with Crippen molar-refractivity contribution in [3.05, 3.63) is 23.8 Å². The van der Waals surface area contributed by atoms with Crippen molar-refractivity contribution >= 4 is 0 Å². The molecule has 2 rings (SSSR count). The van der Waals surface area contributed by atoms with Crippen LogP contribution >= 0.6 is 0 Å². The Bertz CT molecular complexity index is 389. The van der Waals surface area contributed by atoms with Crippen molar-refractivity contribution in [2.45, 2.75) is 31.8 Å². The monoisotopic (exact) mass is 203 g/mol. The summed E-state index contributed by atoms with van der Waals surface area (Å²) in [6, 6.07) is 6.64. The Hall–Kier alpha value is -1.69. The molecule has 1 N–H and O–H groups in total. The molecule has 1 aliphatic carbocycles. The van der Waals surface area contributed by atoms with Crippen LogP contribution in [0.1, 0.15) is 31.2 Å². The van der Waals surface area contributed by atoms with Gasteiger partial charge in [-0.1, -0.05) is 0 Å². The Balaban J connectivity index is 2.13. The van der Waals surface area contributed by atoms with Crippen molar-refractivity contribution in [3.63, 3.8) is 0 Å². The summed E-state index contributed by atoms with van der Waals surface area (Å²) in [4.78, 5) is 0. The summed E-state index contributed by atoms with van der Waals surface area (Å²) in [6.07, 6.45) is 4.79. The van der Waals surface area contributed by atoms with Gasteiger partial charge in [0, 0.05) is 6.07 Å². The van der Waals surface area contributed by atoms with E-state index in [-0.39, 0.29) is 11.9 Å². The van der Waals surface area contributed by atoms with E-state index in [0.717, 1.165) is 12.8 Å². The Morgan fingerprint density at radius 1 is 1.27 bits per heavy atom. The Morgan fingerprint density at radius 2 is 2.00 bits per heavy atom. The van der Waals surface area contributed by atoms with Crippen LogP contribution in [0, 0.1) is 11.3 Å². The minimum atomic E-state index is 0.0852. The maximum atomic E-state index is 9.37. The topological polar surface area (TPSA) is 53.2 Å². The van der Waals surface area contributed by atoms with Gasteiger partial charge in [-0.25, -0.2) is 0 Å². The van der Waals surface area contributed by atoms with E-state index in [2.05, 4.69) is 0 Å². The summed E-state index contributed by atoms with van der Waals surface area (Å²) in [5, 5.41) is 18.1. The maximum absolute atomic E-state index is 9.37. The maximum Gasteiger partial charge on any atom is 0.124 e. The molecule has 1 aromatic rings. The van der Waals surface area contributed by atoms with Crippen molar-refractivity contribution in [1.82, 2.24) is 0 Å². The largest absolute Gasteiger partial charge is 0.508 e. The molecule has 0 bridgehead atoms. The average molecular weight is 203 g/mol. The summed E-state index contributed by atoms with van der Waals surface area (Å²) in [5.74, 6) is 0.681. The predicted molar refractivity (Wildman–Crippen MR) is 55.7 cm³/mol. The second-order valence-corrected chi connectivity index (χ2v) is 3.85. The standard InChI is InChI=1S/C12H13NO2/c13-8-9-5-10(14)7-12(6-9)15-11-3-1-2-4-11/h5-7,11,14H,1-4H2. The van der Waals surface area contributed by atoms with E-state index < -0.39 is 0 Å². The number of nitrogens with zero attached hydrogens (tertiary/aromatic N) is 1. The molecule has 78 valence electrons. The lowest BCUT2D eigenvalue weighted by Gasteiger charge is -2.13. The molecule has 1 aliphatic rings. The van der Waals surface area contributed by atoms with Gasteiger partial charge in [0.1, 0.15) is 11.5 Å². The molecule has 0 heterocycles. The molecule has 0 spiro atoms. The van der Waals surface area contributed by atoms with Gasteiger partial charge < -0.3 is 9.84 Å². The van der Waals surface area contributed by atoms with E-state index in [1.807, 2.05) is 6.07 Å². The highest BCUT2D eigenvalue weighted by molar-refractivity contribution is 5.43. The second-order valence-electron chi connectivity index (χ2n) is 3.85. The van der Waals surface area contributed by atoms with Gasteiger partial charge in [-0.05, 0) is 37.8 Å². The van der Waals surface area contributed by atoms with Crippen molar-refractivity contribution in [1.29, 1.82) is 5.26 Å². The first-order valence-corrected chi connectivity index (χ1v) is 5.19. The second kappa shape index (κ2) is 4.22. The van der Waals surface area contributed by atoms with Crippen LogP contribution < -0.4 is 4.74 Å². The van der Waals surface area contributed by atoms with Crippen LogP contribution in [0.2, 0.25) is 0 Å². The third kappa shape index (κ3) is 2.41. The molecule has 0 radical (unpaired) electrons. The minimum Gasteiger partial charge on any atom is -0.508 e. The molecular weight excluding hydrogens is 190 g/mol. The fraction of sp³-hybridized carbons (Fsp3) is 0.417. The van der Waals surface area contributed by atoms with E-state index in [1.54, 1.807) is 12.1 Å². The molecule has 0 atom stereocenters. The number of rotatable bonds is 2. The van der Waals surface area contributed by atoms with Crippen LogP contribution in [0.3, 0.4) is 0 Å². The fourth-order valence-corrected chi connectivity index (χ4v) is 1.91. The van der Waals surface area contributed by atoms with Gasteiger partial charge in [0.2, 0.25) is 0 Å². The number of phenolic OH excluding ortho intramolecular Hbond substituents is 1. The smallest absolute Gasteiger partial charge is 0.124 e.